The maximum Gasteiger partial charge on any atom is 0.0594 e. The van der Waals surface area contributed by atoms with Gasteiger partial charge in [0, 0.05) is 19.6 Å². The Hall–Kier alpha value is -0.160. The van der Waals surface area contributed by atoms with Crippen molar-refractivity contribution in [2.45, 2.75) is 45.6 Å². The molecule has 1 aliphatic rings. The Morgan fingerprint density at radius 1 is 1.21 bits per heavy atom. The van der Waals surface area contributed by atoms with Gasteiger partial charge in [-0.1, -0.05) is 19.8 Å². The van der Waals surface area contributed by atoms with Gasteiger partial charge in [-0.15, -0.1) is 0 Å². The van der Waals surface area contributed by atoms with Crippen LogP contribution in [0.2, 0.25) is 0 Å². The maximum absolute atomic E-state index is 5.75. The molecule has 1 unspecified atom stereocenters. The molecular formula is C15H32N2O2. The third-order valence-corrected chi connectivity index (χ3v) is 3.58. The van der Waals surface area contributed by atoms with Crippen molar-refractivity contribution in [3.05, 3.63) is 0 Å². The summed E-state index contributed by atoms with van der Waals surface area (Å²) in [5.74, 6) is 0. The van der Waals surface area contributed by atoms with Crippen molar-refractivity contribution in [1.29, 1.82) is 0 Å². The normalized spacial score (nSPS) is 18.6. The fourth-order valence-electron chi connectivity index (χ4n) is 2.28. The lowest BCUT2D eigenvalue weighted by atomic mass is 10.2. The first-order valence-electron chi connectivity index (χ1n) is 7.95. The van der Waals surface area contributed by atoms with Crippen LogP contribution in [0.5, 0.6) is 0 Å². The fourth-order valence-corrected chi connectivity index (χ4v) is 2.28. The van der Waals surface area contributed by atoms with Crippen LogP contribution >= 0.6 is 0 Å². The smallest absolute Gasteiger partial charge is 0.0594 e. The van der Waals surface area contributed by atoms with E-state index >= 15 is 0 Å². The third-order valence-electron chi connectivity index (χ3n) is 3.58. The number of nitrogens with zero attached hydrogens (tertiary/aromatic N) is 1. The predicted molar refractivity (Wildman–Crippen MR) is 79.7 cm³/mol. The summed E-state index contributed by atoms with van der Waals surface area (Å²) < 4.78 is 11.1. The molecule has 0 saturated carbocycles. The molecule has 1 atom stereocenters. The summed E-state index contributed by atoms with van der Waals surface area (Å²) in [5, 5.41) is 3.45. The molecule has 1 saturated heterocycles. The minimum atomic E-state index is 0.412. The van der Waals surface area contributed by atoms with E-state index in [1.807, 2.05) is 0 Å². The van der Waals surface area contributed by atoms with E-state index in [1.165, 1.54) is 32.2 Å². The SMILES string of the molecule is CCCCC(C)OCCNCCCN1CCOCC1. The number of hydrogen-bond donors (Lipinski definition) is 1. The van der Waals surface area contributed by atoms with Crippen LogP contribution in [-0.2, 0) is 9.47 Å². The van der Waals surface area contributed by atoms with Crippen molar-refractivity contribution >= 4 is 0 Å². The minimum absolute atomic E-state index is 0.412. The van der Waals surface area contributed by atoms with Gasteiger partial charge in [0.25, 0.3) is 0 Å². The topological polar surface area (TPSA) is 33.7 Å². The number of rotatable bonds is 11. The third kappa shape index (κ3) is 9.38. The van der Waals surface area contributed by atoms with E-state index in [0.29, 0.717) is 6.10 Å². The van der Waals surface area contributed by atoms with E-state index < -0.39 is 0 Å². The second kappa shape index (κ2) is 11.6. The Balaban J connectivity index is 1.80. The molecule has 0 aliphatic carbocycles. The summed E-state index contributed by atoms with van der Waals surface area (Å²) in [6.45, 7) is 12.5. The van der Waals surface area contributed by atoms with Crippen molar-refractivity contribution < 1.29 is 9.47 Å². The number of morpholine rings is 1. The molecule has 19 heavy (non-hydrogen) atoms. The zero-order valence-electron chi connectivity index (χ0n) is 12.8. The fraction of sp³-hybridized carbons (Fsp3) is 1.00. The van der Waals surface area contributed by atoms with Gasteiger partial charge in [-0.05, 0) is 32.9 Å². The zero-order valence-corrected chi connectivity index (χ0v) is 12.8. The van der Waals surface area contributed by atoms with Crippen molar-refractivity contribution in [2.24, 2.45) is 0 Å². The number of ether oxygens (including phenoxy) is 2. The lowest BCUT2D eigenvalue weighted by Crippen LogP contribution is -2.37. The van der Waals surface area contributed by atoms with Gasteiger partial charge in [0.05, 0.1) is 25.9 Å². The minimum Gasteiger partial charge on any atom is -0.379 e. The Bertz CT molecular complexity index is 197. The van der Waals surface area contributed by atoms with Crippen LogP contribution < -0.4 is 5.32 Å². The molecule has 1 N–H and O–H groups in total. The molecule has 1 heterocycles. The first-order valence-corrected chi connectivity index (χ1v) is 7.95. The number of nitrogens with one attached hydrogen (secondary N) is 1. The molecule has 1 rings (SSSR count). The Labute approximate surface area is 118 Å². The van der Waals surface area contributed by atoms with Gasteiger partial charge >= 0.3 is 0 Å². The van der Waals surface area contributed by atoms with Gasteiger partial charge in [-0.25, -0.2) is 0 Å². The first-order chi connectivity index (χ1) is 9.33. The molecule has 1 fully saturated rings. The standard InChI is InChI=1S/C15H32N2O2/c1-3-4-6-15(2)19-12-8-16-7-5-9-17-10-13-18-14-11-17/h15-16H,3-14H2,1-2H3. The summed E-state index contributed by atoms with van der Waals surface area (Å²) in [6.07, 6.45) is 5.34. The van der Waals surface area contributed by atoms with Crippen LogP contribution in [0.25, 0.3) is 0 Å². The average Bonchev–Trinajstić information content (AvgIpc) is 2.45. The highest BCUT2D eigenvalue weighted by Gasteiger charge is 2.08. The highest BCUT2D eigenvalue weighted by atomic mass is 16.5. The highest BCUT2D eigenvalue weighted by Crippen LogP contribution is 2.03. The average molecular weight is 272 g/mol. The van der Waals surface area contributed by atoms with Gasteiger partial charge in [0.2, 0.25) is 0 Å². The van der Waals surface area contributed by atoms with E-state index in [9.17, 15) is 0 Å². The van der Waals surface area contributed by atoms with Crippen LogP contribution in [-0.4, -0.2) is 63.5 Å². The Kier molecular flexibility index (Phi) is 10.4. The highest BCUT2D eigenvalue weighted by molar-refractivity contribution is 4.62. The van der Waals surface area contributed by atoms with Gasteiger partial charge < -0.3 is 14.8 Å². The number of hydrogen-bond acceptors (Lipinski definition) is 4. The Morgan fingerprint density at radius 3 is 2.74 bits per heavy atom. The molecule has 0 radical (unpaired) electrons. The lowest BCUT2D eigenvalue weighted by molar-refractivity contribution is 0.0371. The predicted octanol–water partition coefficient (Wildman–Crippen LogP) is 1.89. The van der Waals surface area contributed by atoms with E-state index in [-0.39, 0.29) is 0 Å². The van der Waals surface area contributed by atoms with Crippen molar-refractivity contribution in [3.63, 3.8) is 0 Å². The van der Waals surface area contributed by atoms with Crippen LogP contribution in [0, 0.1) is 0 Å². The quantitative estimate of drug-likeness (QED) is 0.582. The van der Waals surface area contributed by atoms with E-state index in [2.05, 4.69) is 24.1 Å². The van der Waals surface area contributed by atoms with Crippen LogP contribution in [0.3, 0.4) is 0 Å². The molecule has 1 aliphatic heterocycles. The largest absolute Gasteiger partial charge is 0.379 e. The molecule has 4 nitrogen and oxygen atoms in total. The lowest BCUT2D eigenvalue weighted by Gasteiger charge is -2.26. The molecule has 0 aromatic carbocycles. The van der Waals surface area contributed by atoms with Crippen molar-refractivity contribution in [1.82, 2.24) is 10.2 Å². The number of unbranched alkanes of at least 4 members (excludes halogenated alkanes) is 1. The molecule has 0 amide bonds. The van der Waals surface area contributed by atoms with Crippen LogP contribution in [0.1, 0.15) is 39.5 Å². The summed E-state index contributed by atoms with van der Waals surface area (Å²) in [7, 11) is 0. The molecule has 0 bridgehead atoms. The summed E-state index contributed by atoms with van der Waals surface area (Å²) in [4.78, 5) is 2.48. The zero-order chi connectivity index (χ0) is 13.8. The van der Waals surface area contributed by atoms with Crippen LogP contribution in [0.4, 0.5) is 0 Å². The first kappa shape index (κ1) is 16.9. The van der Waals surface area contributed by atoms with Gasteiger partial charge in [-0.2, -0.15) is 0 Å². The molecule has 0 aromatic heterocycles. The maximum atomic E-state index is 5.75. The molecule has 0 aromatic rings. The second-order valence-corrected chi connectivity index (χ2v) is 5.38. The van der Waals surface area contributed by atoms with Crippen LogP contribution in [0.15, 0.2) is 0 Å². The molecule has 114 valence electrons. The second-order valence-electron chi connectivity index (χ2n) is 5.38. The van der Waals surface area contributed by atoms with E-state index in [4.69, 9.17) is 9.47 Å². The van der Waals surface area contributed by atoms with E-state index in [0.717, 1.165) is 46.0 Å². The summed E-state index contributed by atoms with van der Waals surface area (Å²) in [5.41, 5.74) is 0. The van der Waals surface area contributed by atoms with Gasteiger partial charge in [0.1, 0.15) is 0 Å². The van der Waals surface area contributed by atoms with Gasteiger partial charge in [0.15, 0.2) is 0 Å². The van der Waals surface area contributed by atoms with Crippen molar-refractivity contribution in [2.75, 3.05) is 52.5 Å². The molecule has 0 spiro atoms. The van der Waals surface area contributed by atoms with Gasteiger partial charge in [-0.3, -0.25) is 4.90 Å². The van der Waals surface area contributed by atoms with E-state index in [1.54, 1.807) is 0 Å². The Morgan fingerprint density at radius 2 is 2.00 bits per heavy atom. The summed E-state index contributed by atoms with van der Waals surface area (Å²) >= 11 is 0. The summed E-state index contributed by atoms with van der Waals surface area (Å²) in [6, 6.07) is 0. The van der Waals surface area contributed by atoms with Crippen molar-refractivity contribution in [3.8, 4) is 0 Å². The molecular weight excluding hydrogens is 240 g/mol. The molecule has 4 heteroatoms. The monoisotopic (exact) mass is 272 g/mol.